The fourth-order valence-electron chi connectivity index (χ4n) is 9.03. The van der Waals surface area contributed by atoms with Crippen molar-refractivity contribution in [1.82, 2.24) is 4.57 Å². The maximum atomic E-state index is 2.48. The molecule has 10 aromatic carbocycles. The summed E-state index contributed by atoms with van der Waals surface area (Å²) in [6, 6.07) is 75.8. The minimum absolute atomic E-state index is 1.11. The smallest absolute Gasteiger partial charge is 0.0547 e. The predicted octanol–water partition coefficient (Wildman–Crippen LogP) is 15.7. The summed E-state index contributed by atoms with van der Waals surface area (Å²) in [5, 5.41) is 12.5. The normalized spacial score (nSPS) is 11.9. The molecule has 0 aliphatic heterocycles. The quantitative estimate of drug-likeness (QED) is 0.170. The van der Waals surface area contributed by atoms with Gasteiger partial charge in [-0.25, -0.2) is 0 Å². The highest BCUT2D eigenvalue weighted by Gasteiger charge is 2.20. The van der Waals surface area contributed by atoms with Crippen molar-refractivity contribution in [2.45, 2.75) is 0 Å². The lowest BCUT2D eigenvalue weighted by atomic mass is 10.00. The van der Waals surface area contributed by atoms with Crippen LogP contribution in [0.3, 0.4) is 0 Å². The SMILES string of the molecule is c1ccc2cc(N(c3ccc(-c4cc(-n5c6ccccc6c6cc7ccccc7cc65)cc5c4sc4ccccc45)cc3)c3cccc4ccccc34)ccc2c1. The van der Waals surface area contributed by atoms with Gasteiger partial charge in [0.1, 0.15) is 0 Å². The Bertz CT molecular complexity index is 3530. The molecule has 0 saturated heterocycles. The number of rotatable bonds is 5. The Kier molecular flexibility index (Phi) is 7.13. The Labute approximate surface area is 333 Å². The Morgan fingerprint density at radius 3 is 1.82 bits per heavy atom. The van der Waals surface area contributed by atoms with E-state index in [0.29, 0.717) is 0 Å². The number of thiophene rings is 1. The lowest BCUT2D eigenvalue weighted by Crippen LogP contribution is -2.10. The molecule has 0 aliphatic carbocycles. The largest absolute Gasteiger partial charge is 0.310 e. The third-order valence-corrected chi connectivity index (χ3v) is 12.9. The second kappa shape index (κ2) is 12.7. The summed E-state index contributed by atoms with van der Waals surface area (Å²) in [5.74, 6) is 0. The van der Waals surface area contributed by atoms with Crippen LogP contribution < -0.4 is 4.90 Å². The Hall–Kier alpha value is -7.20. The van der Waals surface area contributed by atoms with Crippen LogP contribution in [0.4, 0.5) is 17.1 Å². The molecule has 0 unspecified atom stereocenters. The van der Waals surface area contributed by atoms with E-state index < -0.39 is 0 Å². The molecular weight excluding hydrogens is 709 g/mol. The molecular formula is C54H34N2S. The second-order valence-electron chi connectivity index (χ2n) is 14.9. The topological polar surface area (TPSA) is 8.17 Å². The monoisotopic (exact) mass is 742 g/mol. The van der Waals surface area contributed by atoms with E-state index in [1.165, 1.54) is 91.1 Å². The summed E-state index contributed by atoms with van der Waals surface area (Å²) in [6.45, 7) is 0. The summed E-state index contributed by atoms with van der Waals surface area (Å²) >= 11 is 1.89. The fourth-order valence-corrected chi connectivity index (χ4v) is 10.2. The molecule has 0 radical (unpaired) electrons. The van der Waals surface area contributed by atoms with Crippen LogP contribution >= 0.6 is 11.3 Å². The molecule has 12 aromatic rings. The molecule has 57 heavy (non-hydrogen) atoms. The first-order valence-electron chi connectivity index (χ1n) is 19.5. The molecule has 2 nitrogen and oxygen atoms in total. The van der Waals surface area contributed by atoms with Crippen molar-refractivity contribution in [2.24, 2.45) is 0 Å². The zero-order chi connectivity index (χ0) is 37.5. The Morgan fingerprint density at radius 2 is 1.00 bits per heavy atom. The van der Waals surface area contributed by atoms with E-state index in [0.717, 1.165) is 17.1 Å². The first kappa shape index (κ1) is 32.1. The van der Waals surface area contributed by atoms with E-state index in [-0.39, 0.29) is 0 Å². The molecule has 266 valence electrons. The van der Waals surface area contributed by atoms with Crippen LogP contribution in [-0.2, 0) is 0 Å². The predicted molar refractivity (Wildman–Crippen MR) is 246 cm³/mol. The molecule has 2 heterocycles. The summed E-state index contributed by atoms with van der Waals surface area (Å²) in [7, 11) is 0. The molecule has 0 spiro atoms. The average molecular weight is 743 g/mol. The van der Waals surface area contributed by atoms with Crippen molar-refractivity contribution in [3.05, 3.63) is 206 Å². The van der Waals surface area contributed by atoms with Crippen LogP contribution in [0, 0.1) is 0 Å². The zero-order valence-corrected chi connectivity index (χ0v) is 31.7. The number of hydrogen-bond donors (Lipinski definition) is 0. The molecule has 0 bridgehead atoms. The lowest BCUT2D eigenvalue weighted by Gasteiger charge is -2.27. The van der Waals surface area contributed by atoms with Crippen LogP contribution in [0.25, 0.3) is 91.1 Å². The zero-order valence-electron chi connectivity index (χ0n) is 30.9. The van der Waals surface area contributed by atoms with Crippen LogP contribution in [0.1, 0.15) is 0 Å². The maximum absolute atomic E-state index is 2.48. The minimum Gasteiger partial charge on any atom is -0.310 e. The van der Waals surface area contributed by atoms with Crippen LogP contribution in [0.2, 0.25) is 0 Å². The number of para-hydroxylation sites is 1. The number of aromatic nitrogens is 1. The minimum atomic E-state index is 1.11. The average Bonchev–Trinajstić information content (AvgIpc) is 3.81. The molecule has 0 N–H and O–H groups in total. The Morgan fingerprint density at radius 1 is 0.368 bits per heavy atom. The van der Waals surface area contributed by atoms with Crippen molar-refractivity contribution in [3.8, 4) is 16.8 Å². The summed E-state index contributed by atoms with van der Waals surface area (Å²) in [5.41, 5.74) is 9.43. The standard InChI is InChI=1S/C54H34N2S/c1-2-14-38-30-42(29-24-35(38)12-1)55(50-22-11-17-36-13-5-6-18-44(36)50)41-27-25-37(26-28-41)47-33-43(34-49-46-20-8-10-23-53(46)57-54(47)49)56-51-21-9-7-19-45(51)48-31-39-15-3-4-16-40(39)32-52(48)56/h1-34H. The van der Waals surface area contributed by atoms with Crippen LogP contribution in [-0.4, -0.2) is 4.57 Å². The van der Waals surface area contributed by atoms with Gasteiger partial charge in [-0.15, -0.1) is 11.3 Å². The molecule has 3 heteroatoms. The number of benzene rings is 10. The van der Waals surface area contributed by atoms with Gasteiger partial charge in [-0.1, -0.05) is 140 Å². The van der Waals surface area contributed by atoms with Gasteiger partial charge in [0.05, 0.1) is 16.7 Å². The number of nitrogens with zero attached hydrogens (tertiary/aromatic N) is 2. The summed E-state index contributed by atoms with van der Waals surface area (Å²) < 4.78 is 5.08. The van der Waals surface area contributed by atoms with Crippen LogP contribution in [0.15, 0.2) is 206 Å². The van der Waals surface area contributed by atoms with E-state index in [9.17, 15) is 0 Å². The molecule has 0 saturated carbocycles. The first-order valence-corrected chi connectivity index (χ1v) is 20.3. The van der Waals surface area contributed by atoms with Crippen LogP contribution in [0.5, 0.6) is 0 Å². The second-order valence-corrected chi connectivity index (χ2v) is 16.0. The number of anilines is 3. The molecule has 12 rings (SSSR count). The Balaban J connectivity index is 1.08. The third-order valence-electron chi connectivity index (χ3n) is 11.7. The highest BCUT2D eigenvalue weighted by atomic mass is 32.1. The van der Waals surface area contributed by atoms with Gasteiger partial charge in [-0.2, -0.15) is 0 Å². The van der Waals surface area contributed by atoms with Gasteiger partial charge in [-0.3, -0.25) is 0 Å². The molecule has 2 aromatic heterocycles. The van der Waals surface area contributed by atoms with Crippen molar-refractivity contribution >= 4 is 103 Å². The van der Waals surface area contributed by atoms with E-state index in [1.807, 2.05) is 11.3 Å². The third kappa shape index (κ3) is 5.10. The maximum Gasteiger partial charge on any atom is 0.0547 e. The van der Waals surface area contributed by atoms with Gasteiger partial charge in [0.2, 0.25) is 0 Å². The van der Waals surface area contributed by atoms with Crippen molar-refractivity contribution in [3.63, 3.8) is 0 Å². The van der Waals surface area contributed by atoms with Gasteiger partial charge in [-0.05, 0) is 99.2 Å². The molecule has 0 amide bonds. The van der Waals surface area contributed by atoms with E-state index >= 15 is 0 Å². The number of fused-ring (bicyclic) bond motifs is 9. The molecule has 0 aliphatic rings. The van der Waals surface area contributed by atoms with E-state index in [4.69, 9.17) is 0 Å². The van der Waals surface area contributed by atoms with Gasteiger partial charge >= 0.3 is 0 Å². The lowest BCUT2D eigenvalue weighted by molar-refractivity contribution is 1.19. The number of hydrogen-bond acceptors (Lipinski definition) is 2. The fraction of sp³-hybridized carbons (Fsp3) is 0. The summed E-state index contributed by atoms with van der Waals surface area (Å²) in [6.07, 6.45) is 0. The molecule has 0 atom stereocenters. The van der Waals surface area contributed by atoms with Gasteiger partial charge < -0.3 is 9.47 Å². The highest BCUT2D eigenvalue weighted by Crippen LogP contribution is 2.45. The van der Waals surface area contributed by atoms with Gasteiger partial charge in [0.25, 0.3) is 0 Å². The van der Waals surface area contributed by atoms with Crippen molar-refractivity contribution < 1.29 is 0 Å². The summed E-state index contributed by atoms with van der Waals surface area (Å²) in [4.78, 5) is 2.41. The van der Waals surface area contributed by atoms with E-state index in [1.54, 1.807) is 0 Å². The molecule has 0 fully saturated rings. The van der Waals surface area contributed by atoms with Crippen molar-refractivity contribution in [1.29, 1.82) is 0 Å². The first-order chi connectivity index (χ1) is 28.2. The highest BCUT2D eigenvalue weighted by molar-refractivity contribution is 7.26. The van der Waals surface area contributed by atoms with E-state index in [2.05, 4.69) is 216 Å². The van der Waals surface area contributed by atoms with Gasteiger partial charge in [0.15, 0.2) is 0 Å². The van der Waals surface area contributed by atoms with Crippen molar-refractivity contribution in [2.75, 3.05) is 4.90 Å². The van der Waals surface area contributed by atoms with Gasteiger partial charge in [0, 0.05) is 59.0 Å².